The molecule has 0 saturated heterocycles. The van der Waals surface area contributed by atoms with Crippen LogP contribution in [0.5, 0.6) is 0 Å². The quantitative estimate of drug-likeness (QED) is 0.169. The number of anilines is 3. The number of fused-ring (bicyclic) bond motifs is 9. The summed E-state index contributed by atoms with van der Waals surface area (Å²) in [6, 6.07) is 71.4. The molecule has 3 heterocycles. The summed E-state index contributed by atoms with van der Waals surface area (Å²) in [6.45, 7) is 0. The van der Waals surface area contributed by atoms with E-state index >= 15 is 0 Å². The number of para-hydroxylation sites is 4. The summed E-state index contributed by atoms with van der Waals surface area (Å²) in [5.41, 5.74) is 13.7. The molecule has 272 valence electrons. The summed E-state index contributed by atoms with van der Waals surface area (Å²) in [7, 11) is 0. The SMILES string of the molecule is c1ccc(-c2cccc3sc4c(N(c5ccc(-c6cccc7c6oc6ccccc67)cc5)c5ccc(-c6cccc7c6oc6ccccc67)cc5)cccc4c23)cc1. The summed E-state index contributed by atoms with van der Waals surface area (Å²) in [6.07, 6.45) is 0. The second kappa shape index (κ2) is 13.1. The number of rotatable bonds is 6. The van der Waals surface area contributed by atoms with Crippen LogP contribution in [-0.2, 0) is 0 Å². The van der Waals surface area contributed by atoms with E-state index in [0.29, 0.717) is 0 Å². The third-order valence-electron chi connectivity index (χ3n) is 11.5. The van der Waals surface area contributed by atoms with E-state index in [1.54, 1.807) is 0 Å². The van der Waals surface area contributed by atoms with E-state index in [-0.39, 0.29) is 0 Å². The van der Waals surface area contributed by atoms with Gasteiger partial charge in [-0.1, -0.05) is 152 Å². The standard InChI is InChI=1S/C54H33NO2S/c1-2-12-34(13-3-1)39-16-11-25-50-51(39)46-21-10-22-47(54(46)58-50)55(37-30-26-35(27-31-37)40-17-8-19-44-42-14-4-6-23-48(42)56-52(40)44)38-32-28-36(29-33-38)41-18-9-20-45-43-15-5-7-24-49(43)57-53(41)45/h1-33H. The molecular weight excluding hydrogens is 727 g/mol. The van der Waals surface area contributed by atoms with Crippen molar-refractivity contribution >= 4 is 92.4 Å². The maximum Gasteiger partial charge on any atom is 0.143 e. The van der Waals surface area contributed by atoms with E-state index in [4.69, 9.17) is 8.83 Å². The van der Waals surface area contributed by atoms with Gasteiger partial charge in [0.2, 0.25) is 0 Å². The molecule has 0 N–H and O–H groups in total. The molecule has 4 heteroatoms. The van der Waals surface area contributed by atoms with Gasteiger partial charge in [0.05, 0.1) is 10.4 Å². The number of hydrogen-bond acceptors (Lipinski definition) is 4. The average Bonchev–Trinajstić information content (AvgIpc) is 3.99. The normalized spacial score (nSPS) is 11.8. The summed E-state index contributed by atoms with van der Waals surface area (Å²) < 4.78 is 15.4. The fourth-order valence-electron chi connectivity index (χ4n) is 8.82. The van der Waals surface area contributed by atoms with Crippen LogP contribution in [0.25, 0.3) is 97.4 Å². The minimum absolute atomic E-state index is 0.902. The van der Waals surface area contributed by atoms with Crippen molar-refractivity contribution in [3.8, 4) is 33.4 Å². The van der Waals surface area contributed by atoms with Crippen molar-refractivity contribution in [2.75, 3.05) is 4.90 Å². The molecule has 0 saturated carbocycles. The van der Waals surface area contributed by atoms with Gasteiger partial charge in [0.25, 0.3) is 0 Å². The Kier molecular flexibility index (Phi) is 7.40. The topological polar surface area (TPSA) is 29.5 Å². The summed E-state index contributed by atoms with van der Waals surface area (Å²) in [5.74, 6) is 0. The predicted molar refractivity (Wildman–Crippen MR) is 245 cm³/mol. The summed E-state index contributed by atoms with van der Waals surface area (Å²) in [4.78, 5) is 2.40. The molecule has 12 rings (SSSR count). The van der Waals surface area contributed by atoms with Gasteiger partial charge in [-0.25, -0.2) is 0 Å². The Morgan fingerprint density at radius 1 is 0.345 bits per heavy atom. The van der Waals surface area contributed by atoms with E-state index in [1.807, 2.05) is 35.6 Å². The van der Waals surface area contributed by atoms with Crippen molar-refractivity contribution in [1.29, 1.82) is 0 Å². The van der Waals surface area contributed by atoms with Crippen molar-refractivity contribution < 1.29 is 8.83 Å². The molecule has 12 aromatic rings. The summed E-state index contributed by atoms with van der Waals surface area (Å²) in [5, 5.41) is 7.07. The van der Waals surface area contributed by atoms with Crippen LogP contribution in [0.15, 0.2) is 209 Å². The average molecular weight is 760 g/mol. The van der Waals surface area contributed by atoms with Crippen LogP contribution in [0.2, 0.25) is 0 Å². The van der Waals surface area contributed by atoms with Crippen molar-refractivity contribution in [1.82, 2.24) is 0 Å². The van der Waals surface area contributed by atoms with E-state index in [0.717, 1.165) is 83.2 Å². The molecule has 0 aliphatic carbocycles. The van der Waals surface area contributed by atoms with Crippen LogP contribution in [0, 0.1) is 0 Å². The van der Waals surface area contributed by atoms with E-state index in [2.05, 4.69) is 181 Å². The number of nitrogens with zero attached hydrogens (tertiary/aromatic N) is 1. The second-order valence-corrected chi connectivity index (χ2v) is 15.8. The highest BCUT2D eigenvalue weighted by atomic mass is 32.1. The van der Waals surface area contributed by atoms with Gasteiger partial charge in [-0.2, -0.15) is 0 Å². The highest BCUT2D eigenvalue weighted by Crippen LogP contribution is 2.48. The molecule has 9 aromatic carbocycles. The van der Waals surface area contributed by atoms with E-state index in [9.17, 15) is 0 Å². The fourth-order valence-corrected chi connectivity index (χ4v) is 10.1. The molecule has 0 aliphatic heterocycles. The van der Waals surface area contributed by atoms with Crippen LogP contribution < -0.4 is 4.90 Å². The Morgan fingerprint density at radius 3 is 1.41 bits per heavy atom. The third kappa shape index (κ3) is 5.12. The van der Waals surface area contributed by atoms with Crippen molar-refractivity contribution in [2.24, 2.45) is 0 Å². The van der Waals surface area contributed by atoms with Gasteiger partial charge in [-0.05, 0) is 70.8 Å². The number of furan rings is 2. The van der Waals surface area contributed by atoms with Crippen LogP contribution in [0.3, 0.4) is 0 Å². The maximum atomic E-state index is 6.45. The lowest BCUT2D eigenvalue weighted by atomic mass is 9.99. The Bertz CT molecular complexity index is 3340. The lowest BCUT2D eigenvalue weighted by Gasteiger charge is -2.26. The van der Waals surface area contributed by atoms with E-state index in [1.165, 1.54) is 31.3 Å². The predicted octanol–water partition coefficient (Wildman–Crippen LogP) is 16.3. The number of thiophene rings is 1. The number of hydrogen-bond donors (Lipinski definition) is 0. The van der Waals surface area contributed by atoms with Gasteiger partial charge in [-0.3, -0.25) is 0 Å². The van der Waals surface area contributed by atoms with Crippen LogP contribution in [0.4, 0.5) is 17.1 Å². The van der Waals surface area contributed by atoms with Crippen molar-refractivity contribution in [3.63, 3.8) is 0 Å². The third-order valence-corrected chi connectivity index (χ3v) is 12.7. The number of benzene rings is 9. The lowest BCUT2D eigenvalue weighted by molar-refractivity contribution is 0.669. The fraction of sp³-hybridized carbons (Fsp3) is 0. The smallest absolute Gasteiger partial charge is 0.143 e. The molecule has 3 nitrogen and oxygen atoms in total. The van der Waals surface area contributed by atoms with Gasteiger partial charge < -0.3 is 13.7 Å². The maximum absolute atomic E-state index is 6.45. The van der Waals surface area contributed by atoms with Gasteiger partial charge >= 0.3 is 0 Å². The van der Waals surface area contributed by atoms with Gasteiger partial charge in [0.1, 0.15) is 22.3 Å². The molecule has 0 aliphatic rings. The molecular formula is C54H33NO2S. The molecule has 3 aromatic heterocycles. The molecule has 0 unspecified atom stereocenters. The van der Waals surface area contributed by atoms with E-state index < -0.39 is 0 Å². The first-order chi connectivity index (χ1) is 28.8. The first kappa shape index (κ1) is 32.8. The minimum Gasteiger partial charge on any atom is -0.455 e. The molecule has 0 atom stereocenters. The molecule has 0 bridgehead atoms. The van der Waals surface area contributed by atoms with Crippen LogP contribution in [0.1, 0.15) is 0 Å². The Balaban J connectivity index is 1.02. The largest absolute Gasteiger partial charge is 0.455 e. The van der Waals surface area contributed by atoms with Gasteiger partial charge in [-0.15, -0.1) is 11.3 Å². The van der Waals surface area contributed by atoms with Crippen LogP contribution >= 0.6 is 11.3 Å². The highest BCUT2D eigenvalue weighted by molar-refractivity contribution is 7.26. The van der Waals surface area contributed by atoms with Gasteiger partial charge in [0, 0.05) is 59.5 Å². The van der Waals surface area contributed by atoms with Crippen LogP contribution in [-0.4, -0.2) is 0 Å². The molecule has 0 radical (unpaired) electrons. The Hall–Kier alpha value is -7.40. The Labute approximate surface area is 338 Å². The monoisotopic (exact) mass is 759 g/mol. The highest BCUT2D eigenvalue weighted by Gasteiger charge is 2.21. The minimum atomic E-state index is 0.902. The van der Waals surface area contributed by atoms with Crippen molar-refractivity contribution in [2.45, 2.75) is 0 Å². The molecule has 58 heavy (non-hydrogen) atoms. The molecule has 0 fully saturated rings. The molecule has 0 spiro atoms. The molecule has 0 amide bonds. The van der Waals surface area contributed by atoms with Gasteiger partial charge in [0.15, 0.2) is 0 Å². The first-order valence-corrected chi connectivity index (χ1v) is 20.4. The lowest BCUT2D eigenvalue weighted by Crippen LogP contribution is -2.10. The zero-order valence-electron chi connectivity index (χ0n) is 31.2. The second-order valence-electron chi connectivity index (χ2n) is 14.8. The summed E-state index contributed by atoms with van der Waals surface area (Å²) >= 11 is 1.86. The first-order valence-electron chi connectivity index (χ1n) is 19.6. The zero-order valence-corrected chi connectivity index (χ0v) is 32.0. The Morgan fingerprint density at radius 2 is 0.810 bits per heavy atom. The zero-order chi connectivity index (χ0) is 38.2. The van der Waals surface area contributed by atoms with Crippen molar-refractivity contribution in [3.05, 3.63) is 200 Å².